The van der Waals surface area contributed by atoms with Gasteiger partial charge >= 0.3 is 12.1 Å². The maximum atomic E-state index is 12.8. The normalized spacial score (nSPS) is 20.7. The molecule has 0 unspecified atom stereocenters. The first-order valence-corrected chi connectivity index (χ1v) is 8.64. The number of benzene rings is 2. The molecule has 0 radical (unpaired) electrons. The Bertz CT molecular complexity index is 930. The van der Waals surface area contributed by atoms with Gasteiger partial charge in [0.25, 0.3) is 0 Å². The molecule has 0 saturated heterocycles. The van der Waals surface area contributed by atoms with Crippen molar-refractivity contribution < 1.29 is 37.4 Å². The van der Waals surface area contributed by atoms with Gasteiger partial charge in [-0.15, -0.1) is 0 Å². The highest BCUT2D eigenvalue weighted by molar-refractivity contribution is 5.97. The van der Waals surface area contributed by atoms with Gasteiger partial charge in [-0.3, -0.25) is 14.8 Å². The van der Waals surface area contributed by atoms with E-state index in [4.69, 9.17) is 14.7 Å². The lowest BCUT2D eigenvalue weighted by Crippen LogP contribution is -2.31. The van der Waals surface area contributed by atoms with E-state index in [0.717, 1.165) is 12.1 Å². The lowest BCUT2D eigenvalue weighted by molar-refractivity contribution is -0.146. The molecule has 0 aliphatic heterocycles. The number of hydrogen-bond donors (Lipinski definition) is 2. The quantitative estimate of drug-likeness (QED) is 0.435. The molecule has 0 aromatic heterocycles. The number of hydroxylamine groups is 1. The minimum atomic E-state index is -4.45. The minimum absolute atomic E-state index is 0.112. The Morgan fingerprint density at radius 1 is 1.21 bits per heavy atom. The number of ether oxygens (including phenoxy) is 2. The van der Waals surface area contributed by atoms with E-state index in [0.29, 0.717) is 16.9 Å². The fourth-order valence-electron chi connectivity index (χ4n) is 3.37. The van der Waals surface area contributed by atoms with Crippen LogP contribution < -0.4 is 10.2 Å². The van der Waals surface area contributed by atoms with Crippen molar-refractivity contribution in [3.8, 4) is 5.75 Å². The van der Waals surface area contributed by atoms with E-state index in [9.17, 15) is 22.8 Å². The summed E-state index contributed by atoms with van der Waals surface area (Å²) in [5.41, 5.74) is 0.318. The first kappa shape index (κ1) is 20.7. The Kier molecular flexibility index (Phi) is 5.52. The average molecular weight is 409 g/mol. The van der Waals surface area contributed by atoms with Gasteiger partial charge in [-0.2, -0.15) is 13.2 Å². The summed E-state index contributed by atoms with van der Waals surface area (Å²) in [6.45, 7) is -0.112. The summed E-state index contributed by atoms with van der Waals surface area (Å²) >= 11 is 0. The molecule has 2 atom stereocenters. The van der Waals surface area contributed by atoms with Crippen LogP contribution >= 0.6 is 0 Å². The lowest BCUT2D eigenvalue weighted by Gasteiger charge is -2.16. The van der Waals surface area contributed by atoms with Crippen molar-refractivity contribution in [3.63, 3.8) is 0 Å². The number of nitrogens with one attached hydrogen (secondary N) is 1. The summed E-state index contributed by atoms with van der Waals surface area (Å²) in [7, 11) is 1.20. The van der Waals surface area contributed by atoms with Gasteiger partial charge in [0, 0.05) is 0 Å². The van der Waals surface area contributed by atoms with E-state index in [1.54, 1.807) is 18.2 Å². The molecule has 154 valence electrons. The number of halogens is 3. The maximum absolute atomic E-state index is 12.8. The molecule has 1 aliphatic rings. The van der Waals surface area contributed by atoms with Crippen LogP contribution in [-0.2, 0) is 32.5 Å². The van der Waals surface area contributed by atoms with Gasteiger partial charge in [-0.1, -0.05) is 24.3 Å². The van der Waals surface area contributed by atoms with Crippen LogP contribution in [0, 0.1) is 5.92 Å². The predicted molar refractivity (Wildman–Crippen MR) is 93.9 cm³/mol. The summed E-state index contributed by atoms with van der Waals surface area (Å²) in [5.74, 6) is -1.80. The summed E-state index contributed by atoms with van der Waals surface area (Å²) in [4.78, 5) is 24.1. The highest BCUT2D eigenvalue weighted by Gasteiger charge is 2.65. The fraction of sp³-hybridized carbons (Fsp3) is 0.300. The maximum Gasteiger partial charge on any atom is 0.416 e. The van der Waals surface area contributed by atoms with Crippen molar-refractivity contribution >= 4 is 11.9 Å². The number of methoxy groups -OCH3 is 1. The van der Waals surface area contributed by atoms with E-state index >= 15 is 0 Å². The SMILES string of the molecule is COC(=O)[C@@]1(c2cccc(OCc3cccc(C(F)(F)F)c3)c2)C[C@@H]1C(=O)NO. The second-order valence-corrected chi connectivity index (χ2v) is 6.71. The zero-order valence-corrected chi connectivity index (χ0v) is 15.3. The van der Waals surface area contributed by atoms with Gasteiger partial charge in [0.1, 0.15) is 17.8 Å². The molecule has 1 fully saturated rings. The minimum Gasteiger partial charge on any atom is -0.489 e. The van der Waals surface area contributed by atoms with E-state index in [1.807, 2.05) is 0 Å². The van der Waals surface area contributed by atoms with Gasteiger partial charge in [0.2, 0.25) is 5.91 Å². The van der Waals surface area contributed by atoms with Gasteiger partial charge in [-0.05, 0) is 41.8 Å². The van der Waals surface area contributed by atoms with Gasteiger partial charge in [0.15, 0.2) is 0 Å². The van der Waals surface area contributed by atoms with Crippen LogP contribution in [0.4, 0.5) is 13.2 Å². The van der Waals surface area contributed by atoms with Crippen LogP contribution in [0.15, 0.2) is 48.5 Å². The van der Waals surface area contributed by atoms with Crippen LogP contribution in [0.2, 0.25) is 0 Å². The molecule has 9 heteroatoms. The number of hydrogen-bond acceptors (Lipinski definition) is 5. The van der Waals surface area contributed by atoms with E-state index in [2.05, 4.69) is 0 Å². The topological polar surface area (TPSA) is 84.9 Å². The molecular weight excluding hydrogens is 391 g/mol. The number of rotatable bonds is 6. The Morgan fingerprint density at radius 3 is 2.59 bits per heavy atom. The van der Waals surface area contributed by atoms with Crippen LogP contribution in [0.1, 0.15) is 23.1 Å². The molecule has 0 spiro atoms. The summed E-state index contributed by atoms with van der Waals surface area (Å²) in [5, 5.41) is 8.87. The third kappa shape index (κ3) is 4.04. The first-order valence-electron chi connectivity index (χ1n) is 8.64. The average Bonchev–Trinajstić information content (AvgIpc) is 3.48. The highest BCUT2D eigenvalue weighted by atomic mass is 19.4. The second kappa shape index (κ2) is 7.75. The number of alkyl halides is 3. The Balaban J connectivity index is 1.80. The fourth-order valence-corrected chi connectivity index (χ4v) is 3.37. The largest absolute Gasteiger partial charge is 0.489 e. The van der Waals surface area contributed by atoms with Crippen molar-refractivity contribution in [1.29, 1.82) is 0 Å². The molecule has 3 rings (SSSR count). The van der Waals surface area contributed by atoms with Crippen molar-refractivity contribution in [2.45, 2.75) is 24.6 Å². The molecule has 29 heavy (non-hydrogen) atoms. The summed E-state index contributed by atoms with van der Waals surface area (Å²) < 4.78 is 48.9. The van der Waals surface area contributed by atoms with Crippen molar-refractivity contribution in [2.75, 3.05) is 7.11 Å². The molecule has 1 saturated carbocycles. The molecule has 1 aliphatic carbocycles. The molecular formula is C20H18F3NO5. The summed E-state index contributed by atoms with van der Waals surface area (Å²) in [6, 6.07) is 11.1. The Morgan fingerprint density at radius 2 is 1.93 bits per heavy atom. The number of amides is 1. The molecule has 6 nitrogen and oxygen atoms in total. The smallest absolute Gasteiger partial charge is 0.416 e. The van der Waals surface area contributed by atoms with Crippen molar-refractivity contribution in [3.05, 3.63) is 65.2 Å². The van der Waals surface area contributed by atoms with E-state index < -0.39 is 34.9 Å². The van der Waals surface area contributed by atoms with Gasteiger partial charge in [0.05, 0.1) is 18.6 Å². The second-order valence-electron chi connectivity index (χ2n) is 6.71. The van der Waals surface area contributed by atoms with Gasteiger partial charge < -0.3 is 9.47 Å². The third-order valence-corrected chi connectivity index (χ3v) is 4.95. The number of esters is 1. The Hall–Kier alpha value is -3.07. The first-order chi connectivity index (χ1) is 13.7. The van der Waals surface area contributed by atoms with Crippen molar-refractivity contribution in [1.82, 2.24) is 5.48 Å². The molecule has 1 amide bonds. The van der Waals surface area contributed by atoms with Crippen LogP contribution in [0.3, 0.4) is 0 Å². The van der Waals surface area contributed by atoms with Crippen molar-refractivity contribution in [2.24, 2.45) is 5.92 Å². The molecule has 0 heterocycles. The molecule has 0 bridgehead atoms. The monoisotopic (exact) mass is 409 g/mol. The molecule has 2 aromatic rings. The summed E-state index contributed by atoms with van der Waals surface area (Å²) in [6.07, 6.45) is -4.29. The number of carbonyl (C=O) groups is 2. The number of carbonyl (C=O) groups excluding carboxylic acids is 2. The lowest BCUT2D eigenvalue weighted by atomic mass is 9.92. The Labute approximate surface area is 164 Å². The highest BCUT2D eigenvalue weighted by Crippen LogP contribution is 2.55. The molecule has 2 N–H and O–H groups in total. The van der Waals surface area contributed by atoms with Gasteiger partial charge in [-0.25, -0.2) is 5.48 Å². The van der Waals surface area contributed by atoms with Crippen LogP contribution in [0.25, 0.3) is 0 Å². The van der Waals surface area contributed by atoms with Crippen LogP contribution in [0.5, 0.6) is 5.75 Å². The zero-order valence-electron chi connectivity index (χ0n) is 15.3. The standard InChI is InChI=1S/C20H18F3NO5/c1-28-18(26)19(10-16(19)17(25)24-27)13-5-3-7-15(9-13)29-11-12-4-2-6-14(8-12)20(21,22)23/h2-9,16,27H,10-11H2,1H3,(H,24,25)/t16-,19-/m1/s1. The van der Waals surface area contributed by atoms with E-state index in [-0.39, 0.29) is 13.0 Å². The zero-order chi connectivity index (χ0) is 21.2. The van der Waals surface area contributed by atoms with E-state index in [1.165, 1.54) is 30.8 Å². The molecule has 2 aromatic carbocycles. The third-order valence-electron chi connectivity index (χ3n) is 4.95. The predicted octanol–water partition coefficient (Wildman–Crippen LogP) is 3.22. The van der Waals surface area contributed by atoms with Crippen LogP contribution in [-0.4, -0.2) is 24.2 Å².